The van der Waals surface area contributed by atoms with E-state index in [9.17, 15) is 4.39 Å². The van der Waals surface area contributed by atoms with E-state index in [1.54, 1.807) is 30.0 Å². The molecule has 4 nitrogen and oxygen atoms in total. The molecular formula is C14H17ClFN3O. The average molecular weight is 298 g/mol. The predicted molar refractivity (Wildman–Crippen MR) is 78.2 cm³/mol. The van der Waals surface area contributed by atoms with Crippen LogP contribution in [0.3, 0.4) is 0 Å². The van der Waals surface area contributed by atoms with E-state index in [4.69, 9.17) is 16.3 Å². The molecule has 6 heteroatoms. The van der Waals surface area contributed by atoms with E-state index in [0.717, 1.165) is 5.69 Å². The highest BCUT2D eigenvalue weighted by Crippen LogP contribution is 2.22. The van der Waals surface area contributed by atoms with Crippen molar-refractivity contribution in [3.63, 3.8) is 0 Å². The number of imidazole rings is 1. The zero-order valence-electron chi connectivity index (χ0n) is 11.7. The molecular weight excluding hydrogens is 281 g/mol. The SMILES string of the molecule is COCC(C)Nc1nc(C)cn1-c1ccc(Cl)cc1F. The third-order valence-corrected chi connectivity index (χ3v) is 3.02. The second-order valence-corrected chi connectivity index (χ2v) is 5.11. The van der Waals surface area contributed by atoms with E-state index < -0.39 is 5.82 Å². The van der Waals surface area contributed by atoms with Crippen molar-refractivity contribution < 1.29 is 9.13 Å². The standard InChI is InChI=1S/C14H17ClFN3O/c1-9-7-19(13-5-4-11(15)6-12(13)16)14(17-9)18-10(2)8-20-3/h4-7,10H,8H2,1-3H3,(H,17,18). The highest BCUT2D eigenvalue weighted by molar-refractivity contribution is 6.30. The lowest BCUT2D eigenvalue weighted by Gasteiger charge is -2.15. The number of aryl methyl sites for hydroxylation is 1. The fraction of sp³-hybridized carbons (Fsp3) is 0.357. The number of benzene rings is 1. The van der Waals surface area contributed by atoms with Gasteiger partial charge in [-0.15, -0.1) is 0 Å². The first kappa shape index (κ1) is 14.8. The van der Waals surface area contributed by atoms with Crippen LogP contribution in [-0.2, 0) is 4.74 Å². The summed E-state index contributed by atoms with van der Waals surface area (Å²) in [5.74, 6) is 0.186. The van der Waals surface area contributed by atoms with E-state index in [-0.39, 0.29) is 6.04 Å². The summed E-state index contributed by atoms with van der Waals surface area (Å²) in [5.41, 5.74) is 1.20. The fourth-order valence-corrected chi connectivity index (χ4v) is 2.13. The molecule has 0 radical (unpaired) electrons. The van der Waals surface area contributed by atoms with Crippen LogP contribution in [0, 0.1) is 12.7 Å². The molecule has 1 aromatic carbocycles. The van der Waals surface area contributed by atoms with Gasteiger partial charge in [-0.2, -0.15) is 0 Å². The van der Waals surface area contributed by atoms with E-state index in [1.807, 2.05) is 13.8 Å². The molecule has 0 saturated heterocycles. The van der Waals surface area contributed by atoms with Gasteiger partial charge in [0.25, 0.3) is 0 Å². The van der Waals surface area contributed by atoms with Gasteiger partial charge < -0.3 is 10.1 Å². The first-order valence-corrected chi connectivity index (χ1v) is 6.66. The van der Waals surface area contributed by atoms with E-state index in [0.29, 0.717) is 23.3 Å². The number of ether oxygens (including phenoxy) is 1. The maximum absolute atomic E-state index is 14.0. The van der Waals surface area contributed by atoms with Crippen LogP contribution in [0.4, 0.5) is 10.3 Å². The van der Waals surface area contributed by atoms with Crippen LogP contribution in [0.1, 0.15) is 12.6 Å². The summed E-state index contributed by atoms with van der Waals surface area (Å²) >= 11 is 5.78. The maximum Gasteiger partial charge on any atom is 0.208 e. The highest BCUT2D eigenvalue weighted by Gasteiger charge is 2.13. The van der Waals surface area contributed by atoms with Gasteiger partial charge in [-0.3, -0.25) is 4.57 Å². The first-order valence-electron chi connectivity index (χ1n) is 6.28. The summed E-state index contributed by atoms with van der Waals surface area (Å²) < 4.78 is 20.8. The smallest absolute Gasteiger partial charge is 0.208 e. The molecule has 20 heavy (non-hydrogen) atoms. The van der Waals surface area contributed by atoms with Gasteiger partial charge in [0.1, 0.15) is 5.82 Å². The molecule has 1 aromatic heterocycles. The zero-order valence-corrected chi connectivity index (χ0v) is 12.4. The summed E-state index contributed by atoms with van der Waals surface area (Å²) in [5, 5.41) is 3.57. The summed E-state index contributed by atoms with van der Waals surface area (Å²) in [4.78, 5) is 4.37. The molecule has 1 N–H and O–H groups in total. The highest BCUT2D eigenvalue weighted by atomic mass is 35.5. The van der Waals surface area contributed by atoms with E-state index in [1.165, 1.54) is 6.07 Å². The second-order valence-electron chi connectivity index (χ2n) is 4.67. The van der Waals surface area contributed by atoms with Crippen LogP contribution >= 0.6 is 11.6 Å². The molecule has 108 valence electrons. The van der Waals surface area contributed by atoms with Crippen molar-refractivity contribution in [2.75, 3.05) is 19.0 Å². The van der Waals surface area contributed by atoms with E-state index >= 15 is 0 Å². The Kier molecular flexibility index (Phi) is 4.62. The van der Waals surface area contributed by atoms with Crippen LogP contribution in [0.15, 0.2) is 24.4 Å². The molecule has 0 aliphatic carbocycles. The Hall–Kier alpha value is -1.59. The van der Waals surface area contributed by atoms with Crippen LogP contribution in [0.5, 0.6) is 0 Å². The molecule has 0 bridgehead atoms. The third kappa shape index (κ3) is 3.29. The lowest BCUT2D eigenvalue weighted by atomic mass is 10.3. The van der Waals surface area contributed by atoms with Gasteiger partial charge in [-0.05, 0) is 32.0 Å². The summed E-state index contributed by atoms with van der Waals surface area (Å²) in [7, 11) is 1.63. The minimum absolute atomic E-state index is 0.0657. The molecule has 0 saturated carbocycles. The number of anilines is 1. The summed E-state index contributed by atoms with van der Waals surface area (Å²) in [6, 6.07) is 4.63. The Balaban J connectivity index is 2.36. The number of aromatic nitrogens is 2. The van der Waals surface area contributed by atoms with Crippen molar-refractivity contribution in [3.05, 3.63) is 40.9 Å². The first-order chi connectivity index (χ1) is 9.51. The van der Waals surface area contributed by atoms with Gasteiger partial charge in [0, 0.05) is 24.4 Å². The topological polar surface area (TPSA) is 39.1 Å². The Morgan fingerprint density at radius 3 is 2.90 bits per heavy atom. The number of halogens is 2. The summed E-state index contributed by atoms with van der Waals surface area (Å²) in [6.07, 6.45) is 1.77. The lowest BCUT2D eigenvalue weighted by Crippen LogP contribution is -2.23. The Bertz CT molecular complexity index is 600. The van der Waals surface area contributed by atoms with Crippen LogP contribution in [-0.4, -0.2) is 29.3 Å². The third-order valence-electron chi connectivity index (χ3n) is 2.79. The monoisotopic (exact) mass is 297 g/mol. The number of methoxy groups -OCH3 is 1. The molecule has 0 spiro atoms. The number of hydrogen-bond donors (Lipinski definition) is 1. The number of nitrogens with one attached hydrogen (secondary N) is 1. The Labute approximate surface area is 122 Å². The van der Waals surface area contributed by atoms with Crippen LogP contribution in [0.2, 0.25) is 5.02 Å². The van der Waals surface area contributed by atoms with Gasteiger partial charge >= 0.3 is 0 Å². The molecule has 0 aliphatic rings. The largest absolute Gasteiger partial charge is 0.383 e. The lowest BCUT2D eigenvalue weighted by molar-refractivity contribution is 0.190. The predicted octanol–water partition coefficient (Wildman–Crippen LogP) is 3.42. The molecule has 1 unspecified atom stereocenters. The minimum Gasteiger partial charge on any atom is -0.383 e. The van der Waals surface area contributed by atoms with Crippen LogP contribution in [0.25, 0.3) is 5.69 Å². The van der Waals surface area contributed by atoms with Crippen molar-refractivity contribution in [1.29, 1.82) is 0 Å². The van der Waals surface area contributed by atoms with Crippen molar-refractivity contribution in [2.45, 2.75) is 19.9 Å². The molecule has 2 rings (SSSR count). The van der Waals surface area contributed by atoms with Crippen molar-refractivity contribution >= 4 is 17.5 Å². The van der Waals surface area contributed by atoms with E-state index in [2.05, 4.69) is 10.3 Å². The molecule has 1 heterocycles. The number of nitrogens with zero attached hydrogens (tertiary/aromatic N) is 2. The quantitative estimate of drug-likeness (QED) is 0.919. The number of hydrogen-bond acceptors (Lipinski definition) is 3. The number of rotatable bonds is 5. The average Bonchev–Trinajstić information content (AvgIpc) is 2.70. The molecule has 2 aromatic rings. The van der Waals surface area contributed by atoms with Gasteiger partial charge in [-0.25, -0.2) is 9.37 Å². The van der Waals surface area contributed by atoms with Crippen molar-refractivity contribution in [1.82, 2.24) is 9.55 Å². The second kappa shape index (κ2) is 6.24. The molecule has 0 aliphatic heterocycles. The van der Waals surface area contributed by atoms with Crippen molar-refractivity contribution in [3.8, 4) is 5.69 Å². The Morgan fingerprint density at radius 1 is 1.50 bits per heavy atom. The molecule has 0 fully saturated rings. The molecule has 0 amide bonds. The normalized spacial score (nSPS) is 12.4. The van der Waals surface area contributed by atoms with Crippen LogP contribution < -0.4 is 5.32 Å². The zero-order chi connectivity index (χ0) is 14.7. The van der Waals surface area contributed by atoms with Gasteiger partial charge in [0.2, 0.25) is 5.95 Å². The van der Waals surface area contributed by atoms with Gasteiger partial charge in [0.15, 0.2) is 0 Å². The maximum atomic E-state index is 14.0. The van der Waals surface area contributed by atoms with Gasteiger partial charge in [0.05, 0.1) is 18.0 Å². The summed E-state index contributed by atoms with van der Waals surface area (Å²) in [6.45, 7) is 4.36. The molecule has 1 atom stereocenters. The van der Waals surface area contributed by atoms with Crippen molar-refractivity contribution in [2.24, 2.45) is 0 Å². The Morgan fingerprint density at radius 2 is 2.25 bits per heavy atom. The minimum atomic E-state index is -0.391. The fourth-order valence-electron chi connectivity index (χ4n) is 1.97. The van der Waals surface area contributed by atoms with Gasteiger partial charge in [-0.1, -0.05) is 11.6 Å².